The minimum atomic E-state index is -5.14. The van der Waals surface area contributed by atoms with Gasteiger partial charge in [0.05, 0.1) is 35.2 Å². The number of ether oxygens (including phenoxy) is 1. The van der Waals surface area contributed by atoms with Gasteiger partial charge in [0, 0.05) is 18.8 Å². The number of hydrogen-bond donors (Lipinski definition) is 1. The third-order valence-corrected chi connectivity index (χ3v) is 8.05. The van der Waals surface area contributed by atoms with E-state index in [1.54, 1.807) is 11.9 Å². The number of hydrogen-bond acceptors (Lipinski definition) is 4. The van der Waals surface area contributed by atoms with E-state index in [0.717, 1.165) is 17.0 Å². The highest BCUT2D eigenvalue weighted by Crippen LogP contribution is 2.42. The van der Waals surface area contributed by atoms with Crippen LogP contribution in [0.4, 0.5) is 50.0 Å². The van der Waals surface area contributed by atoms with Gasteiger partial charge in [-0.3, -0.25) is 9.69 Å². The van der Waals surface area contributed by atoms with Crippen LogP contribution in [0.25, 0.3) is 0 Å². The van der Waals surface area contributed by atoms with Crippen LogP contribution in [0.2, 0.25) is 0 Å². The first-order valence-electron chi connectivity index (χ1n) is 13.2. The second-order valence-corrected chi connectivity index (χ2v) is 10.8. The van der Waals surface area contributed by atoms with Crippen LogP contribution in [0.5, 0.6) is 0 Å². The molecule has 43 heavy (non-hydrogen) atoms. The van der Waals surface area contributed by atoms with Gasteiger partial charge in [-0.05, 0) is 80.1 Å². The first-order chi connectivity index (χ1) is 19.8. The maximum absolute atomic E-state index is 13.6. The lowest BCUT2D eigenvalue weighted by Gasteiger charge is -2.36. The van der Waals surface area contributed by atoms with E-state index in [1.165, 1.54) is 13.0 Å². The molecule has 1 N–H and O–H groups in total. The van der Waals surface area contributed by atoms with E-state index in [1.807, 2.05) is 0 Å². The number of cyclic esters (lactones) is 1. The molecule has 2 atom stereocenters. The molecule has 1 saturated carbocycles. The van der Waals surface area contributed by atoms with Crippen LogP contribution in [0, 0.1) is 5.92 Å². The molecule has 2 aromatic rings. The summed E-state index contributed by atoms with van der Waals surface area (Å²) < 4.78 is 127. The van der Waals surface area contributed by atoms with E-state index in [2.05, 4.69) is 0 Å². The standard InChI is InChI=1S/C28H27F9N2O4/c1-14-23(16-9-19(27(32,33)34)12-20(10-16)28(35,36)37)43-25(42)39(14)13-17-11-18(26(29,30)31)5-8-22(17)38(2)21-6-3-15(4-7-21)24(40)41/h5,8-12,14-15,21,23H,3-4,6-7,13H2,1-2H3,(H,40,41). The molecule has 6 nitrogen and oxygen atoms in total. The molecular formula is C28H27F9N2O4. The number of aliphatic carboxylic acids is 1. The fraction of sp³-hybridized carbons (Fsp3) is 0.500. The molecule has 0 radical (unpaired) electrons. The molecule has 1 aliphatic carbocycles. The van der Waals surface area contributed by atoms with E-state index < -0.39 is 77.5 Å². The number of anilines is 1. The van der Waals surface area contributed by atoms with Gasteiger partial charge in [0.1, 0.15) is 6.10 Å². The molecule has 4 rings (SSSR count). The maximum Gasteiger partial charge on any atom is 0.416 e. The molecular weight excluding hydrogens is 599 g/mol. The summed E-state index contributed by atoms with van der Waals surface area (Å²) in [5.41, 5.74) is -4.48. The van der Waals surface area contributed by atoms with E-state index in [-0.39, 0.29) is 17.7 Å². The van der Waals surface area contributed by atoms with Crippen molar-refractivity contribution in [3.63, 3.8) is 0 Å². The number of carbonyl (C=O) groups excluding carboxylic acids is 1. The Bertz CT molecular complexity index is 1330. The van der Waals surface area contributed by atoms with Crippen LogP contribution in [0.3, 0.4) is 0 Å². The van der Waals surface area contributed by atoms with Crippen molar-refractivity contribution in [1.29, 1.82) is 0 Å². The molecule has 1 saturated heterocycles. The highest BCUT2D eigenvalue weighted by molar-refractivity contribution is 5.72. The Labute approximate surface area is 240 Å². The van der Waals surface area contributed by atoms with E-state index in [9.17, 15) is 54.2 Å². The molecule has 2 aliphatic rings. The fourth-order valence-corrected chi connectivity index (χ4v) is 5.63. The van der Waals surface area contributed by atoms with Crippen molar-refractivity contribution in [2.24, 2.45) is 5.92 Å². The van der Waals surface area contributed by atoms with Crippen molar-refractivity contribution in [2.45, 2.75) is 75.9 Å². The molecule has 0 aromatic heterocycles. The monoisotopic (exact) mass is 626 g/mol. The molecule has 236 valence electrons. The van der Waals surface area contributed by atoms with Gasteiger partial charge in [-0.15, -0.1) is 0 Å². The Balaban J connectivity index is 1.67. The largest absolute Gasteiger partial charge is 0.481 e. The molecule has 1 amide bonds. The fourth-order valence-electron chi connectivity index (χ4n) is 5.63. The van der Waals surface area contributed by atoms with Crippen LogP contribution in [-0.4, -0.2) is 41.2 Å². The van der Waals surface area contributed by atoms with Gasteiger partial charge in [-0.1, -0.05) is 0 Å². The van der Waals surface area contributed by atoms with Gasteiger partial charge in [0.25, 0.3) is 0 Å². The van der Waals surface area contributed by atoms with Gasteiger partial charge in [-0.25, -0.2) is 4.79 Å². The maximum atomic E-state index is 13.6. The highest BCUT2D eigenvalue weighted by atomic mass is 19.4. The number of carboxylic acids is 1. The number of amides is 1. The first kappa shape index (κ1) is 32.3. The summed E-state index contributed by atoms with van der Waals surface area (Å²) in [7, 11) is 1.62. The second-order valence-electron chi connectivity index (χ2n) is 10.8. The summed E-state index contributed by atoms with van der Waals surface area (Å²) in [6.07, 6.45) is -16.1. The van der Waals surface area contributed by atoms with Gasteiger partial charge >= 0.3 is 30.6 Å². The Kier molecular flexibility index (Phi) is 8.59. The van der Waals surface area contributed by atoms with Crippen molar-refractivity contribution < 1.29 is 58.9 Å². The highest BCUT2D eigenvalue weighted by Gasteiger charge is 2.44. The van der Waals surface area contributed by atoms with Crippen molar-refractivity contribution in [3.05, 3.63) is 64.2 Å². The summed E-state index contributed by atoms with van der Waals surface area (Å²) in [6, 6.07) is 2.35. The zero-order valence-electron chi connectivity index (χ0n) is 22.8. The average Bonchev–Trinajstić information content (AvgIpc) is 3.19. The van der Waals surface area contributed by atoms with Crippen molar-refractivity contribution in [3.8, 4) is 0 Å². The lowest BCUT2D eigenvalue weighted by Crippen LogP contribution is -2.38. The smallest absolute Gasteiger partial charge is 0.416 e. The van der Waals surface area contributed by atoms with Gasteiger partial charge in [-0.2, -0.15) is 39.5 Å². The Morgan fingerprint density at radius 1 is 0.884 bits per heavy atom. The predicted octanol–water partition coefficient (Wildman–Crippen LogP) is 7.90. The SMILES string of the molecule is CC1C(c2cc(C(F)(F)F)cc(C(F)(F)F)c2)OC(=O)N1Cc1cc(C(F)(F)F)ccc1N(C)C1CCC(C(=O)O)CC1. The predicted molar refractivity (Wildman–Crippen MR) is 134 cm³/mol. The summed E-state index contributed by atoms with van der Waals surface area (Å²) in [5.74, 6) is -1.47. The molecule has 2 aromatic carbocycles. The van der Waals surface area contributed by atoms with Crippen LogP contribution >= 0.6 is 0 Å². The number of halogens is 9. The van der Waals surface area contributed by atoms with E-state index >= 15 is 0 Å². The number of rotatable bonds is 6. The van der Waals surface area contributed by atoms with Crippen LogP contribution in [0.15, 0.2) is 36.4 Å². The molecule has 1 aliphatic heterocycles. The third-order valence-electron chi connectivity index (χ3n) is 8.05. The van der Waals surface area contributed by atoms with Gasteiger partial charge in [0.15, 0.2) is 0 Å². The van der Waals surface area contributed by atoms with E-state index in [4.69, 9.17) is 4.74 Å². The quantitative estimate of drug-likeness (QED) is 0.330. The summed E-state index contributed by atoms with van der Waals surface area (Å²) in [4.78, 5) is 26.8. The Morgan fingerprint density at radius 3 is 1.91 bits per heavy atom. The zero-order valence-corrected chi connectivity index (χ0v) is 22.8. The normalized spacial score (nSPS) is 23.3. The number of carbonyl (C=O) groups is 2. The van der Waals surface area contributed by atoms with Gasteiger partial charge in [0.2, 0.25) is 0 Å². The topological polar surface area (TPSA) is 70.1 Å². The lowest BCUT2D eigenvalue weighted by atomic mass is 9.85. The van der Waals surface area contributed by atoms with Crippen LogP contribution in [0.1, 0.15) is 66.5 Å². The molecule has 2 fully saturated rings. The number of alkyl halides is 9. The zero-order chi connectivity index (χ0) is 32.1. The van der Waals surface area contributed by atoms with Crippen LogP contribution in [-0.2, 0) is 34.6 Å². The number of carboxylic acid groups (broad SMARTS) is 1. The number of nitrogens with zero attached hydrogens (tertiary/aromatic N) is 2. The molecule has 0 spiro atoms. The first-order valence-corrected chi connectivity index (χ1v) is 13.2. The lowest BCUT2D eigenvalue weighted by molar-refractivity contribution is -0.144. The molecule has 2 unspecified atom stereocenters. The van der Waals surface area contributed by atoms with Crippen molar-refractivity contribution in [1.82, 2.24) is 4.90 Å². The summed E-state index contributed by atoms with van der Waals surface area (Å²) in [5, 5.41) is 9.27. The summed E-state index contributed by atoms with van der Waals surface area (Å²) in [6.45, 7) is 0.822. The van der Waals surface area contributed by atoms with Crippen molar-refractivity contribution in [2.75, 3.05) is 11.9 Å². The Hall–Kier alpha value is -3.65. The third kappa shape index (κ3) is 6.96. The minimum Gasteiger partial charge on any atom is -0.481 e. The number of benzene rings is 2. The molecule has 1 heterocycles. The van der Waals surface area contributed by atoms with Gasteiger partial charge < -0.3 is 14.7 Å². The molecule has 0 bridgehead atoms. The van der Waals surface area contributed by atoms with Crippen molar-refractivity contribution >= 4 is 17.7 Å². The average molecular weight is 627 g/mol. The van der Waals surface area contributed by atoms with E-state index in [0.29, 0.717) is 43.5 Å². The minimum absolute atomic E-state index is 0.0159. The Morgan fingerprint density at radius 2 is 1.42 bits per heavy atom. The second kappa shape index (κ2) is 11.5. The molecule has 15 heteroatoms. The summed E-state index contributed by atoms with van der Waals surface area (Å²) >= 11 is 0. The van der Waals surface area contributed by atoms with Crippen LogP contribution < -0.4 is 4.90 Å².